The molecule has 9 heteroatoms. The monoisotopic (exact) mass is 367 g/mol. The standard InChI is InChI=1S/C16H18ClN3O5/c1-9(2)16(23)25-8-14(22)20-12-5-10(6-18)4-11(15(12)17)19-13(21)7-24-3/h4-5,9H,7-8H2,1-3H3,(H,19,21)(H,20,22). The van der Waals surface area contributed by atoms with E-state index in [2.05, 4.69) is 10.6 Å². The fourth-order valence-electron chi connectivity index (χ4n) is 1.68. The zero-order chi connectivity index (χ0) is 19.0. The van der Waals surface area contributed by atoms with Gasteiger partial charge in [-0.2, -0.15) is 5.26 Å². The molecule has 1 rings (SSSR count). The van der Waals surface area contributed by atoms with Gasteiger partial charge in [0.15, 0.2) is 6.61 Å². The first-order valence-electron chi connectivity index (χ1n) is 7.27. The molecule has 0 atom stereocenters. The van der Waals surface area contributed by atoms with Crippen molar-refractivity contribution in [3.05, 3.63) is 22.7 Å². The molecule has 8 nitrogen and oxygen atoms in total. The number of nitriles is 1. The maximum atomic E-state index is 11.9. The van der Waals surface area contributed by atoms with Gasteiger partial charge in [0.25, 0.3) is 5.91 Å². The van der Waals surface area contributed by atoms with E-state index >= 15 is 0 Å². The molecule has 1 aromatic rings. The van der Waals surface area contributed by atoms with Crippen molar-refractivity contribution < 1.29 is 23.9 Å². The zero-order valence-electron chi connectivity index (χ0n) is 14.0. The van der Waals surface area contributed by atoms with Crippen LogP contribution in [0.3, 0.4) is 0 Å². The summed E-state index contributed by atoms with van der Waals surface area (Å²) in [5, 5.41) is 14.0. The molecule has 0 bridgehead atoms. The number of hydrogen-bond acceptors (Lipinski definition) is 6. The SMILES string of the molecule is COCC(=O)Nc1cc(C#N)cc(NC(=O)COC(=O)C(C)C)c1Cl. The second-order valence-corrected chi connectivity index (χ2v) is 5.67. The maximum absolute atomic E-state index is 11.9. The molecular weight excluding hydrogens is 350 g/mol. The number of rotatable bonds is 7. The van der Waals surface area contributed by atoms with Gasteiger partial charge < -0.3 is 20.1 Å². The summed E-state index contributed by atoms with van der Waals surface area (Å²) < 4.78 is 9.52. The van der Waals surface area contributed by atoms with E-state index in [-0.39, 0.29) is 34.5 Å². The van der Waals surface area contributed by atoms with Gasteiger partial charge in [0.05, 0.1) is 33.9 Å². The number of benzene rings is 1. The van der Waals surface area contributed by atoms with Gasteiger partial charge in [-0.15, -0.1) is 0 Å². The van der Waals surface area contributed by atoms with Crippen LogP contribution >= 0.6 is 11.6 Å². The van der Waals surface area contributed by atoms with Crippen LogP contribution in [0.1, 0.15) is 19.4 Å². The fourth-order valence-corrected chi connectivity index (χ4v) is 1.88. The smallest absolute Gasteiger partial charge is 0.308 e. The fraction of sp³-hybridized carbons (Fsp3) is 0.375. The number of nitrogens with zero attached hydrogens (tertiary/aromatic N) is 1. The van der Waals surface area contributed by atoms with Crippen molar-refractivity contribution >= 4 is 40.8 Å². The lowest BCUT2D eigenvalue weighted by atomic mass is 10.2. The first kappa shape index (κ1) is 20.4. The zero-order valence-corrected chi connectivity index (χ0v) is 14.8. The van der Waals surface area contributed by atoms with Crippen molar-refractivity contribution in [1.29, 1.82) is 5.26 Å². The Morgan fingerprint density at radius 2 is 1.68 bits per heavy atom. The van der Waals surface area contributed by atoms with E-state index < -0.39 is 24.4 Å². The van der Waals surface area contributed by atoms with Crippen molar-refractivity contribution in [2.75, 3.05) is 31.0 Å². The van der Waals surface area contributed by atoms with Crippen molar-refractivity contribution in [1.82, 2.24) is 0 Å². The third-order valence-corrected chi connectivity index (χ3v) is 3.25. The molecule has 0 aromatic heterocycles. The van der Waals surface area contributed by atoms with Crippen molar-refractivity contribution in [2.24, 2.45) is 5.92 Å². The molecule has 0 spiro atoms. The van der Waals surface area contributed by atoms with Crippen LogP contribution in [-0.4, -0.2) is 38.1 Å². The molecule has 134 valence electrons. The minimum Gasteiger partial charge on any atom is -0.455 e. The lowest BCUT2D eigenvalue weighted by Crippen LogP contribution is -2.23. The van der Waals surface area contributed by atoms with Gasteiger partial charge in [0, 0.05) is 7.11 Å². The van der Waals surface area contributed by atoms with Crippen LogP contribution in [0, 0.1) is 17.2 Å². The first-order valence-corrected chi connectivity index (χ1v) is 7.65. The summed E-state index contributed by atoms with van der Waals surface area (Å²) in [4.78, 5) is 34.9. The number of halogens is 1. The van der Waals surface area contributed by atoms with E-state index in [1.165, 1.54) is 19.2 Å². The third-order valence-electron chi connectivity index (χ3n) is 2.84. The second-order valence-electron chi connectivity index (χ2n) is 5.29. The van der Waals surface area contributed by atoms with E-state index in [9.17, 15) is 14.4 Å². The molecular formula is C16H18ClN3O5. The highest BCUT2D eigenvalue weighted by Gasteiger charge is 2.16. The van der Waals surface area contributed by atoms with E-state index in [0.29, 0.717) is 0 Å². The summed E-state index contributed by atoms with van der Waals surface area (Å²) in [6.07, 6.45) is 0. The molecule has 0 aliphatic carbocycles. The molecule has 0 saturated heterocycles. The number of ether oxygens (including phenoxy) is 2. The average molecular weight is 368 g/mol. The highest BCUT2D eigenvalue weighted by atomic mass is 35.5. The molecule has 2 amide bonds. The molecule has 0 aliphatic heterocycles. The van der Waals surface area contributed by atoms with Crippen LogP contribution in [0.15, 0.2) is 12.1 Å². The van der Waals surface area contributed by atoms with Crippen molar-refractivity contribution in [3.63, 3.8) is 0 Å². The molecule has 0 radical (unpaired) electrons. The Bertz CT molecular complexity index is 712. The summed E-state index contributed by atoms with van der Waals surface area (Å²) in [5.41, 5.74) is 0.433. The molecule has 0 heterocycles. The van der Waals surface area contributed by atoms with Crippen molar-refractivity contribution in [2.45, 2.75) is 13.8 Å². The minimum absolute atomic E-state index is 0.0342. The molecule has 1 aromatic carbocycles. The summed E-state index contributed by atoms with van der Waals surface area (Å²) in [6, 6.07) is 4.61. The summed E-state index contributed by atoms with van der Waals surface area (Å²) in [7, 11) is 1.36. The van der Waals surface area contributed by atoms with Crippen LogP contribution in [0.4, 0.5) is 11.4 Å². The van der Waals surface area contributed by atoms with Gasteiger partial charge in [-0.1, -0.05) is 25.4 Å². The highest BCUT2D eigenvalue weighted by molar-refractivity contribution is 6.37. The number of anilines is 2. The van der Waals surface area contributed by atoms with Crippen LogP contribution in [0.2, 0.25) is 5.02 Å². The molecule has 2 N–H and O–H groups in total. The number of carbonyl (C=O) groups excluding carboxylic acids is 3. The molecule has 0 fully saturated rings. The van der Waals surface area contributed by atoms with Crippen LogP contribution in [-0.2, 0) is 23.9 Å². The predicted molar refractivity (Wildman–Crippen MR) is 91.1 cm³/mol. The normalized spacial score (nSPS) is 10.1. The van der Waals surface area contributed by atoms with Crippen LogP contribution < -0.4 is 10.6 Å². The van der Waals surface area contributed by atoms with Gasteiger partial charge in [0.2, 0.25) is 5.91 Å². The predicted octanol–water partition coefficient (Wildman–Crippen LogP) is 1.93. The summed E-state index contributed by atoms with van der Waals surface area (Å²) in [5.74, 6) is -1.97. The van der Waals surface area contributed by atoms with Crippen LogP contribution in [0.5, 0.6) is 0 Å². The maximum Gasteiger partial charge on any atom is 0.308 e. The molecule has 0 saturated carbocycles. The Hall–Kier alpha value is -2.63. The number of methoxy groups -OCH3 is 1. The van der Waals surface area contributed by atoms with Crippen LogP contribution in [0.25, 0.3) is 0 Å². The summed E-state index contributed by atoms with van der Waals surface area (Å²) >= 11 is 6.15. The van der Waals surface area contributed by atoms with E-state index in [1.54, 1.807) is 13.8 Å². The lowest BCUT2D eigenvalue weighted by Gasteiger charge is -2.13. The number of esters is 1. The van der Waals surface area contributed by atoms with Gasteiger partial charge >= 0.3 is 5.97 Å². The highest BCUT2D eigenvalue weighted by Crippen LogP contribution is 2.32. The Labute approximate surface area is 150 Å². The Morgan fingerprint density at radius 3 is 2.12 bits per heavy atom. The van der Waals surface area contributed by atoms with E-state index in [1.807, 2.05) is 6.07 Å². The quantitative estimate of drug-likeness (QED) is 0.711. The Morgan fingerprint density at radius 1 is 1.16 bits per heavy atom. The Balaban J connectivity index is 2.91. The third kappa shape index (κ3) is 6.41. The second kappa shape index (κ2) is 9.61. The minimum atomic E-state index is -0.625. The first-order chi connectivity index (χ1) is 11.8. The van der Waals surface area contributed by atoms with Gasteiger partial charge in [-0.25, -0.2) is 0 Å². The number of carbonyl (C=O) groups is 3. The number of nitrogens with one attached hydrogen (secondary N) is 2. The van der Waals surface area contributed by atoms with Crippen molar-refractivity contribution in [3.8, 4) is 6.07 Å². The molecule has 25 heavy (non-hydrogen) atoms. The van der Waals surface area contributed by atoms with Gasteiger partial charge in [-0.3, -0.25) is 14.4 Å². The number of hydrogen-bond donors (Lipinski definition) is 2. The lowest BCUT2D eigenvalue weighted by molar-refractivity contribution is -0.150. The summed E-state index contributed by atoms with van der Waals surface area (Å²) in [6.45, 7) is 2.60. The number of amides is 2. The van der Waals surface area contributed by atoms with E-state index in [4.69, 9.17) is 26.3 Å². The molecule has 0 unspecified atom stereocenters. The largest absolute Gasteiger partial charge is 0.455 e. The Kier molecular flexibility index (Phi) is 7.85. The molecule has 0 aliphatic rings. The van der Waals surface area contributed by atoms with E-state index in [0.717, 1.165) is 0 Å². The topological polar surface area (TPSA) is 118 Å². The average Bonchev–Trinajstić information content (AvgIpc) is 2.56. The van der Waals surface area contributed by atoms with Gasteiger partial charge in [-0.05, 0) is 12.1 Å². The van der Waals surface area contributed by atoms with Gasteiger partial charge in [0.1, 0.15) is 6.61 Å².